The normalized spacial score (nSPS) is 13.5. The molecular formula is C11H18N2O3S. The smallest absolute Gasteiger partial charge is 0.216 e. The standard InChI is InChI=1S/C11H18N2O3S/c1-9(7-16-2)13-17(14,15)8-10-4-3-5-11(12)6-10/h3-6,9,13H,7-8,12H2,1-2H3. The molecule has 0 aromatic heterocycles. The van der Waals surface area contributed by atoms with Gasteiger partial charge in [0, 0.05) is 18.8 Å². The summed E-state index contributed by atoms with van der Waals surface area (Å²) in [6, 6.07) is 6.60. The second-order valence-corrected chi connectivity index (χ2v) is 5.73. The van der Waals surface area contributed by atoms with E-state index in [9.17, 15) is 8.42 Å². The number of nitrogens with two attached hydrogens (primary N) is 1. The van der Waals surface area contributed by atoms with Gasteiger partial charge >= 0.3 is 0 Å². The summed E-state index contributed by atoms with van der Waals surface area (Å²) in [7, 11) is -1.83. The summed E-state index contributed by atoms with van der Waals surface area (Å²) in [5.74, 6) is -0.0773. The van der Waals surface area contributed by atoms with E-state index in [1.54, 1.807) is 31.2 Å². The van der Waals surface area contributed by atoms with Crippen LogP contribution in [0.5, 0.6) is 0 Å². The van der Waals surface area contributed by atoms with Crippen molar-refractivity contribution in [2.75, 3.05) is 19.5 Å². The second-order valence-electron chi connectivity index (χ2n) is 3.98. The van der Waals surface area contributed by atoms with Crippen LogP contribution in [-0.4, -0.2) is 28.2 Å². The predicted octanol–water partition coefficient (Wildman–Crippen LogP) is 0.723. The quantitative estimate of drug-likeness (QED) is 0.737. The molecule has 0 saturated heterocycles. The monoisotopic (exact) mass is 258 g/mol. The number of nitrogens with one attached hydrogen (secondary N) is 1. The molecular weight excluding hydrogens is 240 g/mol. The minimum atomic E-state index is -3.36. The van der Waals surface area contributed by atoms with Gasteiger partial charge in [-0.25, -0.2) is 13.1 Å². The van der Waals surface area contributed by atoms with Crippen molar-refractivity contribution in [1.29, 1.82) is 0 Å². The third-order valence-electron chi connectivity index (χ3n) is 2.11. The highest BCUT2D eigenvalue weighted by molar-refractivity contribution is 7.88. The first-order valence-corrected chi connectivity index (χ1v) is 6.91. The van der Waals surface area contributed by atoms with Crippen LogP contribution in [0.25, 0.3) is 0 Å². The van der Waals surface area contributed by atoms with Crippen LogP contribution in [0.2, 0.25) is 0 Å². The molecule has 0 radical (unpaired) electrons. The van der Waals surface area contributed by atoms with Gasteiger partial charge in [-0.05, 0) is 24.6 Å². The summed E-state index contributed by atoms with van der Waals surface area (Å²) in [5, 5.41) is 0. The molecule has 1 rings (SSSR count). The third kappa shape index (κ3) is 5.16. The fourth-order valence-corrected chi connectivity index (χ4v) is 2.92. The van der Waals surface area contributed by atoms with Crippen LogP contribution in [0.15, 0.2) is 24.3 Å². The van der Waals surface area contributed by atoms with Crippen LogP contribution in [0.1, 0.15) is 12.5 Å². The van der Waals surface area contributed by atoms with Crippen LogP contribution < -0.4 is 10.5 Å². The van der Waals surface area contributed by atoms with E-state index in [0.717, 1.165) is 0 Å². The fraction of sp³-hybridized carbons (Fsp3) is 0.455. The number of anilines is 1. The molecule has 0 aliphatic carbocycles. The highest BCUT2D eigenvalue weighted by Crippen LogP contribution is 2.09. The number of rotatable bonds is 6. The first-order valence-electron chi connectivity index (χ1n) is 5.26. The first-order chi connectivity index (χ1) is 7.93. The van der Waals surface area contributed by atoms with Crippen molar-refractivity contribution in [3.8, 4) is 0 Å². The summed E-state index contributed by atoms with van der Waals surface area (Å²) < 4.78 is 31.0. The van der Waals surface area contributed by atoms with Gasteiger partial charge in [0.2, 0.25) is 10.0 Å². The Morgan fingerprint density at radius 1 is 1.47 bits per heavy atom. The SMILES string of the molecule is COCC(C)NS(=O)(=O)Cc1cccc(N)c1. The van der Waals surface area contributed by atoms with Crippen LogP contribution in [0.4, 0.5) is 5.69 Å². The van der Waals surface area contributed by atoms with Crippen LogP contribution in [0.3, 0.4) is 0 Å². The Morgan fingerprint density at radius 3 is 2.76 bits per heavy atom. The van der Waals surface area contributed by atoms with E-state index in [1.807, 2.05) is 0 Å². The number of hydrogen-bond donors (Lipinski definition) is 2. The highest BCUT2D eigenvalue weighted by atomic mass is 32.2. The maximum absolute atomic E-state index is 11.8. The van der Waals surface area contributed by atoms with Gasteiger partial charge in [0.1, 0.15) is 0 Å². The Bertz CT molecular complexity index is 460. The van der Waals surface area contributed by atoms with E-state index in [2.05, 4.69) is 4.72 Å². The molecule has 0 aliphatic rings. The molecule has 0 bridgehead atoms. The molecule has 1 aromatic carbocycles. The van der Waals surface area contributed by atoms with Gasteiger partial charge < -0.3 is 10.5 Å². The van der Waals surface area contributed by atoms with E-state index < -0.39 is 10.0 Å². The molecule has 0 fully saturated rings. The second kappa shape index (κ2) is 6.00. The van der Waals surface area contributed by atoms with Crippen molar-refractivity contribution >= 4 is 15.7 Å². The third-order valence-corrected chi connectivity index (χ3v) is 3.58. The molecule has 0 spiro atoms. The predicted molar refractivity (Wildman–Crippen MR) is 68.0 cm³/mol. The van der Waals surface area contributed by atoms with Gasteiger partial charge in [-0.3, -0.25) is 0 Å². The maximum atomic E-state index is 11.8. The maximum Gasteiger partial charge on any atom is 0.216 e. The van der Waals surface area contributed by atoms with Crippen molar-refractivity contribution in [2.24, 2.45) is 0 Å². The molecule has 17 heavy (non-hydrogen) atoms. The number of hydrogen-bond acceptors (Lipinski definition) is 4. The zero-order chi connectivity index (χ0) is 12.9. The van der Waals surface area contributed by atoms with Gasteiger partial charge in [0.05, 0.1) is 12.4 Å². The molecule has 5 nitrogen and oxygen atoms in total. The van der Waals surface area contributed by atoms with Gasteiger partial charge in [-0.1, -0.05) is 12.1 Å². The summed E-state index contributed by atoms with van der Waals surface area (Å²) in [5.41, 5.74) is 6.82. The van der Waals surface area contributed by atoms with Crippen LogP contribution >= 0.6 is 0 Å². The number of methoxy groups -OCH3 is 1. The van der Waals surface area contributed by atoms with Crippen molar-refractivity contribution in [2.45, 2.75) is 18.7 Å². The Kier molecular flexibility index (Phi) is 4.92. The minimum absolute atomic E-state index is 0.0773. The van der Waals surface area contributed by atoms with E-state index in [-0.39, 0.29) is 11.8 Å². The minimum Gasteiger partial charge on any atom is -0.399 e. The molecule has 3 N–H and O–H groups in total. The Balaban J connectivity index is 2.67. The molecule has 1 unspecified atom stereocenters. The average molecular weight is 258 g/mol. The molecule has 0 amide bonds. The van der Waals surface area contributed by atoms with E-state index >= 15 is 0 Å². The van der Waals surface area contributed by atoms with Gasteiger partial charge in [-0.2, -0.15) is 0 Å². The van der Waals surface area contributed by atoms with Crippen molar-refractivity contribution in [3.63, 3.8) is 0 Å². The number of benzene rings is 1. The number of ether oxygens (including phenoxy) is 1. The van der Waals surface area contributed by atoms with Crippen LogP contribution in [0, 0.1) is 0 Å². The largest absolute Gasteiger partial charge is 0.399 e. The molecule has 6 heteroatoms. The zero-order valence-electron chi connectivity index (χ0n) is 10.0. The van der Waals surface area contributed by atoms with Gasteiger partial charge in [0.15, 0.2) is 0 Å². The topological polar surface area (TPSA) is 81.4 Å². The lowest BCUT2D eigenvalue weighted by Crippen LogP contribution is -2.36. The van der Waals surface area contributed by atoms with Crippen molar-refractivity contribution < 1.29 is 13.2 Å². The molecule has 0 saturated carbocycles. The van der Waals surface area contributed by atoms with E-state index in [4.69, 9.17) is 10.5 Å². The van der Waals surface area contributed by atoms with Gasteiger partial charge in [0.25, 0.3) is 0 Å². The highest BCUT2D eigenvalue weighted by Gasteiger charge is 2.15. The zero-order valence-corrected chi connectivity index (χ0v) is 10.8. The summed E-state index contributed by atoms with van der Waals surface area (Å²) in [6.07, 6.45) is 0. The Morgan fingerprint density at radius 2 is 2.18 bits per heavy atom. The van der Waals surface area contributed by atoms with Crippen molar-refractivity contribution in [1.82, 2.24) is 4.72 Å². The van der Waals surface area contributed by atoms with Crippen LogP contribution in [-0.2, 0) is 20.5 Å². The fourth-order valence-electron chi connectivity index (χ4n) is 1.53. The molecule has 1 atom stereocenters. The summed E-state index contributed by atoms with van der Waals surface area (Å²) in [4.78, 5) is 0. The first kappa shape index (κ1) is 14.0. The Labute approximate surface area is 102 Å². The summed E-state index contributed by atoms with van der Waals surface area (Å²) in [6.45, 7) is 2.09. The van der Waals surface area contributed by atoms with Gasteiger partial charge in [-0.15, -0.1) is 0 Å². The number of nitrogen functional groups attached to an aromatic ring is 1. The lowest BCUT2D eigenvalue weighted by molar-refractivity contribution is 0.180. The lowest BCUT2D eigenvalue weighted by atomic mass is 10.2. The summed E-state index contributed by atoms with van der Waals surface area (Å²) >= 11 is 0. The van der Waals surface area contributed by atoms with E-state index in [0.29, 0.717) is 17.9 Å². The molecule has 96 valence electrons. The lowest BCUT2D eigenvalue weighted by Gasteiger charge is -2.13. The molecule has 1 aromatic rings. The van der Waals surface area contributed by atoms with E-state index in [1.165, 1.54) is 7.11 Å². The van der Waals surface area contributed by atoms with Crippen molar-refractivity contribution in [3.05, 3.63) is 29.8 Å². The number of sulfonamides is 1. The molecule has 0 aliphatic heterocycles. The molecule has 0 heterocycles. The average Bonchev–Trinajstić information content (AvgIpc) is 2.15. The Hall–Kier alpha value is -1.11.